The van der Waals surface area contributed by atoms with Gasteiger partial charge in [0.05, 0.1) is 17.5 Å². The summed E-state index contributed by atoms with van der Waals surface area (Å²) in [7, 11) is 0. The van der Waals surface area contributed by atoms with E-state index in [1.807, 2.05) is 26.0 Å². The van der Waals surface area contributed by atoms with Crippen LogP contribution in [0.4, 0.5) is 10.1 Å². The number of amides is 1. The third-order valence-electron chi connectivity index (χ3n) is 4.05. The molecule has 2 aliphatic heterocycles. The first-order valence-electron chi connectivity index (χ1n) is 7.26. The third kappa shape index (κ3) is 2.08. The fraction of sp³-hybridized carbons (Fsp3) is 0.167. The van der Waals surface area contributed by atoms with Crippen LogP contribution in [-0.4, -0.2) is 11.5 Å². The van der Waals surface area contributed by atoms with Gasteiger partial charge in [0.2, 0.25) is 0 Å². The highest BCUT2D eigenvalue weighted by molar-refractivity contribution is 6.32. The number of furan rings is 1. The summed E-state index contributed by atoms with van der Waals surface area (Å²) in [5.41, 5.74) is 1.74. The zero-order valence-corrected chi connectivity index (χ0v) is 12.6. The van der Waals surface area contributed by atoms with E-state index in [1.165, 1.54) is 12.1 Å². The third-order valence-corrected chi connectivity index (χ3v) is 4.05. The molecular weight excluding hydrogens is 297 g/mol. The first-order valence-corrected chi connectivity index (χ1v) is 7.26. The Morgan fingerprint density at radius 3 is 2.78 bits per heavy atom. The van der Waals surface area contributed by atoms with Crippen LogP contribution in [0.15, 0.2) is 52.8 Å². The summed E-state index contributed by atoms with van der Waals surface area (Å²) >= 11 is 0. The number of ether oxygens (including phenoxy) is 1. The topological polar surface area (TPSA) is 51.5 Å². The Morgan fingerprint density at radius 2 is 2.04 bits per heavy atom. The predicted molar refractivity (Wildman–Crippen MR) is 83.8 cm³/mol. The molecule has 23 heavy (non-hydrogen) atoms. The van der Waals surface area contributed by atoms with Crippen molar-refractivity contribution >= 4 is 22.7 Å². The molecule has 1 amide bonds. The Kier molecular flexibility index (Phi) is 2.75. The van der Waals surface area contributed by atoms with Crippen molar-refractivity contribution < 1.29 is 18.3 Å². The van der Waals surface area contributed by atoms with Crippen LogP contribution in [0.5, 0.6) is 0 Å². The fourth-order valence-corrected chi connectivity index (χ4v) is 2.98. The second-order valence-corrected chi connectivity index (χ2v) is 6.03. The quantitative estimate of drug-likeness (QED) is 0.811. The number of hydrogen-bond donors (Lipinski definition) is 1. The van der Waals surface area contributed by atoms with E-state index in [-0.39, 0.29) is 5.91 Å². The Balaban J connectivity index is 1.88. The van der Waals surface area contributed by atoms with Crippen LogP contribution < -0.4 is 5.32 Å². The smallest absolute Gasteiger partial charge is 0.260 e. The molecule has 5 heteroatoms. The molecule has 0 saturated heterocycles. The van der Waals surface area contributed by atoms with E-state index in [1.54, 1.807) is 18.4 Å². The number of carbonyl (C=O) groups is 1. The second kappa shape index (κ2) is 4.59. The Hall–Kier alpha value is -2.82. The van der Waals surface area contributed by atoms with Crippen molar-refractivity contribution in [3.8, 4) is 0 Å². The lowest BCUT2D eigenvalue weighted by atomic mass is 9.97. The van der Waals surface area contributed by atoms with Gasteiger partial charge in [-0.05, 0) is 50.3 Å². The number of carbonyl (C=O) groups excluding carboxylic acids is 1. The highest BCUT2D eigenvalue weighted by Gasteiger charge is 2.38. The van der Waals surface area contributed by atoms with E-state index in [0.29, 0.717) is 28.3 Å². The van der Waals surface area contributed by atoms with Gasteiger partial charge in [-0.2, -0.15) is 0 Å². The molecule has 116 valence electrons. The van der Waals surface area contributed by atoms with E-state index < -0.39 is 11.4 Å². The van der Waals surface area contributed by atoms with Gasteiger partial charge in [0.1, 0.15) is 22.9 Å². The van der Waals surface area contributed by atoms with Crippen LogP contribution in [0.2, 0.25) is 0 Å². The summed E-state index contributed by atoms with van der Waals surface area (Å²) in [5.74, 6) is 0.468. The number of halogens is 1. The minimum Gasteiger partial charge on any atom is -0.482 e. The van der Waals surface area contributed by atoms with Gasteiger partial charge in [-0.3, -0.25) is 4.79 Å². The number of benzene rings is 1. The van der Waals surface area contributed by atoms with Crippen LogP contribution in [0, 0.1) is 5.82 Å². The first-order chi connectivity index (χ1) is 11.0. The maximum atomic E-state index is 13.3. The van der Waals surface area contributed by atoms with Crippen molar-refractivity contribution in [2.24, 2.45) is 0 Å². The van der Waals surface area contributed by atoms with Gasteiger partial charge in [-0.25, -0.2) is 4.39 Å². The van der Waals surface area contributed by atoms with Gasteiger partial charge in [-0.1, -0.05) is 0 Å². The van der Waals surface area contributed by atoms with Crippen molar-refractivity contribution in [1.29, 1.82) is 0 Å². The Morgan fingerprint density at radius 1 is 1.22 bits per heavy atom. The summed E-state index contributed by atoms with van der Waals surface area (Å²) in [6.07, 6.45) is 3.41. The van der Waals surface area contributed by atoms with Gasteiger partial charge in [0.15, 0.2) is 0 Å². The number of allylic oxidation sites excluding steroid dienone is 1. The molecule has 0 saturated carbocycles. The summed E-state index contributed by atoms with van der Waals surface area (Å²) in [5, 5.41) is 2.67. The van der Waals surface area contributed by atoms with Crippen molar-refractivity contribution in [2.75, 3.05) is 5.32 Å². The lowest BCUT2D eigenvalue weighted by molar-refractivity contribution is -0.111. The van der Waals surface area contributed by atoms with Gasteiger partial charge in [-0.15, -0.1) is 0 Å². The van der Waals surface area contributed by atoms with Crippen LogP contribution in [0.3, 0.4) is 0 Å². The summed E-state index contributed by atoms with van der Waals surface area (Å²) in [4.78, 5) is 12.3. The van der Waals surface area contributed by atoms with Crippen molar-refractivity contribution in [3.05, 3.63) is 65.6 Å². The standard InChI is InChI=1S/C18H14FNO3/c1-18(2)12(14-4-3-7-22-14)9-15(23-18)16-11-6-5-10(19)8-13(11)20-17(16)21/h3-9H,1-2H3,(H,20,21). The normalized spacial score (nSPS) is 21.7. The molecule has 0 radical (unpaired) electrons. The van der Waals surface area contributed by atoms with Crippen LogP contribution in [0.25, 0.3) is 11.1 Å². The molecule has 0 aliphatic carbocycles. The molecule has 4 rings (SSSR count). The summed E-state index contributed by atoms with van der Waals surface area (Å²) < 4.78 is 24.8. The van der Waals surface area contributed by atoms with E-state index in [9.17, 15) is 9.18 Å². The average Bonchev–Trinajstić information content (AvgIpc) is 3.15. The highest BCUT2D eigenvalue weighted by atomic mass is 19.1. The molecular formula is C18H14FNO3. The number of anilines is 1. The van der Waals surface area contributed by atoms with Crippen molar-refractivity contribution in [3.63, 3.8) is 0 Å². The number of fused-ring (bicyclic) bond motifs is 1. The van der Waals surface area contributed by atoms with Gasteiger partial charge in [0, 0.05) is 11.1 Å². The number of nitrogens with one attached hydrogen (secondary N) is 1. The molecule has 0 spiro atoms. The fourth-order valence-electron chi connectivity index (χ4n) is 2.98. The molecule has 3 heterocycles. The monoisotopic (exact) mass is 311 g/mol. The zero-order chi connectivity index (χ0) is 16.2. The largest absolute Gasteiger partial charge is 0.482 e. The van der Waals surface area contributed by atoms with Crippen molar-refractivity contribution in [1.82, 2.24) is 0 Å². The van der Waals surface area contributed by atoms with E-state index in [2.05, 4.69) is 5.32 Å². The lowest BCUT2D eigenvalue weighted by Crippen LogP contribution is -2.21. The molecule has 2 aromatic rings. The minimum absolute atomic E-state index is 0.298. The van der Waals surface area contributed by atoms with Crippen molar-refractivity contribution in [2.45, 2.75) is 19.4 Å². The van der Waals surface area contributed by atoms with Crippen LogP contribution in [0.1, 0.15) is 25.2 Å². The van der Waals surface area contributed by atoms with E-state index in [0.717, 1.165) is 5.57 Å². The number of hydrogen-bond acceptors (Lipinski definition) is 3. The molecule has 2 aliphatic rings. The van der Waals surface area contributed by atoms with E-state index in [4.69, 9.17) is 9.15 Å². The van der Waals surface area contributed by atoms with Gasteiger partial charge < -0.3 is 14.5 Å². The highest BCUT2D eigenvalue weighted by Crippen LogP contribution is 2.44. The Bertz CT molecular complexity index is 876. The number of rotatable bonds is 1. The zero-order valence-electron chi connectivity index (χ0n) is 12.6. The first kappa shape index (κ1) is 13.8. The average molecular weight is 311 g/mol. The Labute approximate surface area is 132 Å². The molecule has 0 atom stereocenters. The van der Waals surface area contributed by atoms with Gasteiger partial charge in [0.25, 0.3) is 5.91 Å². The van der Waals surface area contributed by atoms with Gasteiger partial charge >= 0.3 is 0 Å². The summed E-state index contributed by atoms with van der Waals surface area (Å²) in [6, 6.07) is 7.87. The molecule has 0 unspecified atom stereocenters. The lowest BCUT2D eigenvalue weighted by Gasteiger charge is -2.22. The maximum Gasteiger partial charge on any atom is 0.260 e. The minimum atomic E-state index is -0.622. The SMILES string of the molecule is CC1(C)OC(=C2C(=O)Nc3cc(F)ccc32)C=C1c1ccco1. The molecule has 1 aromatic carbocycles. The summed E-state index contributed by atoms with van der Waals surface area (Å²) in [6.45, 7) is 3.82. The molecule has 1 aromatic heterocycles. The van der Waals surface area contributed by atoms with E-state index >= 15 is 0 Å². The predicted octanol–water partition coefficient (Wildman–Crippen LogP) is 3.97. The van der Waals surface area contributed by atoms with Crippen LogP contribution in [-0.2, 0) is 9.53 Å². The molecule has 4 nitrogen and oxygen atoms in total. The van der Waals surface area contributed by atoms with Crippen LogP contribution >= 0.6 is 0 Å². The molecule has 1 N–H and O–H groups in total. The molecule has 0 fully saturated rings. The maximum absolute atomic E-state index is 13.3. The second-order valence-electron chi connectivity index (χ2n) is 6.03. The molecule has 0 bridgehead atoms.